The second-order valence-electron chi connectivity index (χ2n) is 4.08. The molecule has 1 aromatic heterocycles. The van der Waals surface area contributed by atoms with Crippen LogP contribution in [-0.2, 0) is 0 Å². The maximum absolute atomic E-state index is 12.2. The van der Waals surface area contributed by atoms with Gasteiger partial charge in [-0.3, -0.25) is 14.9 Å². The molecule has 0 spiro atoms. The van der Waals surface area contributed by atoms with Gasteiger partial charge in [0.15, 0.2) is 5.69 Å². The molecule has 0 aliphatic rings. The van der Waals surface area contributed by atoms with Crippen molar-refractivity contribution >= 4 is 23.0 Å². The van der Waals surface area contributed by atoms with Crippen LogP contribution in [-0.4, -0.2) is 22.9 Å². The Labute approximate surface area is 114 Å². The highest BCUT2D eigenvalue weighted by atomic mass is 16.6. The van der Waals surface area contributed by atoms with E-state index in [-0.39, 0.29) is 23.0 Å². The number of hydrogen-bond acceptors (Lipinski definition) is 5. The van der Waals surface area contributed by atoms with Crippen LogP contribution in [0, 0.1) is 10.1 Å². The molecule has 1 heterocycles. The normalized spacial score (nSPS) is 10.1. The van der Waals surface area contributed by atoms with Crippen molar-refractivity contribution in [1.82, 2.24) is 4.98 Å². The Morgan fingerprint density at radius 3 is 2.50 bits per heavy atom. The van der Waals surface area contributed by atoms with Gasteiger partial charge < -0.3 is 10.6 Å². The lowest BCUT2D eigenvalue weighted by Gasteiger charge is -2.17. The summed E-state index contributed by atoms with van der Waals surface area (Å²) in [6.45, 7) is 0. The number of nitrogen functional groups attached to an aromatic ring is 1. The van der Waals surface area contributed by atoms with Gasteiger partial charge in [0.2, 0.25) is 0 Å². The van der Waals surface area contributed by atoms with Crippen LogP contribution >= 0.6 is 0 Å². The molecule has 1 aromatic carbocycles. The number of nitro benzene ring substituents is 1. The topological polar surface area (TPSA) is 102 Å². The molecule has 2 rings (SSSR count). The molecule has 20 heavy (non-hydrogen) atoms. The first-order valence-corrected chi connectivity index (χ1v) is 5.73. The van der Waals surface area contributed by atoms with Crippen LogP contribution in [0.4, 0.5) is 17.1 Å². The number of amides is 1. The van der Waals surface area contributed by atoms with Crippen LogP contribution in [0.5, 0.6) is 0 Å². The largest absolute Gasteiger partial charge is 0.397 e. The van der Waals surface area contributed by atoms with E-state index in [9.17, 15) is 14.9 Å². The van der Waals surface area contributed by atoms with E-state index in [2.05, 4.69) is 4.98 Å². The van der Waals surface area contributed by atoms with Crippen molar-refractivity contribution in [3.05, 3.63) is 58.4 Å². The highest BCUT2D eigenvalue weighted by Gasteiger charge is 2.18. The quantitative estimate of drug-likeness (QED) is 0.678. The summed E-state index contributed by atoms with van der Waals surface area (Å²) < 4.78 is 0. The number of benzene rings is 1. The zero-order chi connectivity index (χ0) is 14.7. The number of carbonyl (C=O) groups excluding carboxylic acids is 1. The summed E-state index contributed by atoms with van der Waals surface area (Å²) in [4.78, 5) is 27.6. The van der Waals surface area contributed by atoms with Gasteiger partial charge in [0, 0.05) is 31.1 Å². The monoisotopic (exact) mass is 272 g/mol. The average Bonchev–Trinajstić information content (AvgIpc) is 2.46. The third-order valence-corrected chi connectivity index (χ3v) is 2.79. The number of anilines is 2. The number of pyridine rings is 1. The van der Waals surface area contributed by atoms with Crippen molar-refractivity contribution in [1.29, 1.82) is 0 Å². The molecule has 0 fully saturated rings. The maximum atomic E-state index is 12.2. The zero-order valence-electron chi connectivity index (χ0n) is 10.7. The van der Waals surface area contributed by atoms with E-state index >= 15 is 0 Å². The summed E-state index contributed by atoms with van der Waals surface area (Å²) in [6, 6.07) is 8.88. The molecule has 2 aromatic rings. The molecule has 0 aliphatic heterocycles. The predicted molar refractivity (Wildman–Crippen MR) is 74.5 cm³/mol. The second-order valence-corrected chi connectivity index (χ2v) is 4.08. The maximum Gasteiger partial charge on any atom is 0.278 e. The number of aromatic nitrogens is 1. The Morgan fingerprint density at radius 2 is 1.95 bits per heavy atom. The standard InChI is InChI=1S/C13H12N4O3/c1-16(9-4-6-10(7-5-9)17(19)20)13(18)12-11(14)3-2-8-15-12/h2-8H,14H2,1H3. The Kier molecular flexibility index (Phi) is 3.60. The fourth-order valence-electron chi connectivity index (χ4n) is 1.67. The third kappa shape index (κ3) is 2.56. The van der Waals surface area contributed by atoms with E-state index in [0.29, 0.717) is 5.69 Å². The number of nitrogens with two attached hydrogens (primary N) is 1. The Morgan fingerprint density at radius 1 is 1.30 bits per heavy atom. The van der Waals surface area contributed by atoms with Gasteiger partial charge in [-0.1, -0.05) is 0 Å². The third-order valence-electron chi connectivity index (χ3n) is 2.79. The molecule has 0 bridgehead atoms. The second kappa shape index (κ2) is 5.35. The van der Waals surface area contributed by atoms with E-state index in [4.69, 9.17) is 5.73 Å². The Bertz CT molecular complexity index is 655. The molecule has 7 nitrogen and oxygen atoms in total. The Balaban J connectivity index is 2.27. The van der Waals surface area contributed by atoms with E-state index in [1.54, 1.807) is 19.2 Å². The van der Waals surface area contributed by atoms with Crippen LogP contribution < -0.4 is 10.6 Å². The van der Waals surface area contributed by atoms with Gasteiger partial charge >= 0.3 is 0 Å². The first kappa shape index (κ1) is 13.5. The highest BCUT2D eigenvalue weighted by Crippen LogP contribution is 2.20. The number of rotatable bonds is 3. The first-order valence-electron chi connectivity index (χ1n) is 5.73. The number of hydrogen-bond donors (Lipinski definition) is 1. The molecule has 0 saturated heterocycles. The smallest absolute Gasteiger partial charge is 0.278 e. The van der Waals surface area contributed by atoms with Crippen LogP contribution in [0.2, 0.25) is 0 Å². The van der Waals surface area contributed by atoms with Gasteiger partial charge in [-0.25, -0.2) is 4.98 Å². The molecule has 0 radical (unpaired) electrons. The highest BCUT2D eigenvalue weighted by molar-refractivity contribution is 6.07. The first-order chi connectivity index (χ1) is 9.50. The molecule has 0 saturated carbocycles. The lowest BCUT2D eigenvalue weighted by Crippen LogP contribution is -2.27. The van der Waals surface area contributed by atoms with Crippen LogP contribution in [0.25, 0.3) is 0 Å². The van der Waals surface area contributed by atoms with Gasteiger partial charge in [-0.2, -0.15) is 0 Å². The fraction of sp³-hybridized carbons (Fsp3) is 0.0769. The van der Waals surface area contributed by atoms with Gasteiger partial charge in [0.1, 0.15) is 0 Å². The lowest BCUT2D eigenvalue weighted by atomic mass is 10.2. The summed E-state index contributed by atoms with van der Waals surface area (Å²) in [5, 5.41) is 10.6. The summed E-state index contributed by atoms with van der Waals surface area (Å²) in [5.41, 5.74) is 6.62. The van der Waals surface area contributed by atoms with Crippen molar-refractivity contribution < 1.29 is 9.72 Å². The minimum Gasteiger partial charge on any atom is -0.397 e. The molecular weight excluding hydrogens is 260 g/mol. The van der Waals surface area contributed by atoms with Crippen molar-refractivity contribution in [3.63, 3.8) is 0 Å². The van der Waals surface area contributed by atoms with Gasteiger partial charge in [-0.15, -0.1) is 0 Å². The summed E-state index contributed by atoms with van der Waals surface area (Å²) >= 11 is 0. The Hall–Kier alpha value is -2.96. The molecule has 0 atom stereocenters. The van der Waals surface area contributed by atoms with Crippen molar-refractivity contribution in [3.8, 4) is 0 Å². The SMILES string of the molecule is CN(C(=O)c1ncccc1N)c1ccc([N+](=O)[O-])cc1. The number of nitrogens with zero attached hydrogens (tertiary/aromatic N) is 3. The minimum atomic E-state index is -0.498. The van der Waals surface area contributed by atoms with Crippen molar-refractivity contribution in [2.45, 2.75) is 0 Å². The zero-order valence-corrected chi connectivity index (χ0v) is 10.7. The van der Waals surface area contributed by atoms with E-state index in [1.165, 1.54) is 35.4 Å². The van der Waals surface area contributed by atoms with E-state index in [1.807, 2.05) is 0 Å². The molecule has 0 unspecified atom stereocenters. The van der Waals surface area contributed by atoms with Gasteiger partial charge in [0.05, 0.1) is 10.6 Å². The van der Waals surface area contributed by atoms with Crippen LogP contribution in [0.15, 0.2) is 42.6 Å². The average molecular weight is 272 g/mol. The number of carbonyl (C=O) groups is 1. The lowest BCUT2D eigenvalue weighted by molar-refractivity contribution is -0.384. The fourth-order valence-corrected chi connectivity index (χ4v) is 1.67. The number of non-ortho nitro benzene ring substituents is 1. The van der Waals surface area contributed by atoms with Gasteiger partial charge in [0.25, 0.3) is 11.6 Å². The summed E-state index contributed by atoms with van der Waals surface area (Å²) in [7, 11) is 1.55. The van der Waals surface area contributed by atoms with Crippen molar-refractivity contribution in [2.75, 3.05) is 17.7 Å². The van der Waals surface area contributed by atoms with E-state index in [0.717, 1.165) is 0 Å². The number of nitro groups is 1. The summed E-state index contributed by atoms with van der Waals surface area (Å²) in [5.74, 6) is -0.378. The van der Waals surface area contributed by atoms with Gasteiger partial charge in [-0.05, 0) is 24.3 Å². The molecule has 102 valence electrons. The minimum absolute atomic E-state index is 0.0352. The predicted octanol–water partition coefficient (Wildman–Crippen LogP) is 1.85. The van der Waals surface area contributed by atoms with Crippen LogP contribution in [0.3, 0.4) is 0 Å². The summed E-state index contributed by atoms with van der Waals surface area (Å²) in [6.07, 6.45) is 1.48. The molecule has 0 aliphatic carbocycles. The van der Waals surface area contributed by atoms with E-state index < -0.39 is 4.92 Å². The molecule has 1 amide bonds. The molecular formula is C13H12N4O3. The molecule has 7 heteroatoms. The van der Waals surface area contributed by atoms with Crippen molar-refractivity contribution in [2.24, 2.45) is 0 Å². The molecule has 2 N–H and O–H groups in total. The van der Waals surface area contributed by atoms with Crippen LogP contribution in [0.1, 0.15) is 10.5 Å².